The van der Waals surface area contributed by atoms with E-state index in [9.17, 15) is 4.79 Å². The molecule has 1 heteroatoms. The van der Waals surface area contributed by atoms with Crippen molar-refractivity contribution in [1.82, 2.24) is 0 Å². The molecule has 0 amide bonds. The molecule has 0 aromatic rings. The van der Waals surface area contributed by atoms with E-state index in [0.29, 0.717) is 5.41 Å². The summed E-state index contributed by atoms with van der Waals surface area (Å²) in [6.07, 6.45) is 6.94. The van der Waals surface area contributed by atoms with Crippen molar-refractivity contribution < 1.29 is 4.79 Å². The van der Waals surface area contributed by atoms with Crippen molar-refractivity contribution >= 4 is 6.29 Å². The molecule has 0 spiro atoms. The zero-order chi connectivity index (χ0) is 6.74. The molecule has 0 atom stereocenters. The molecule has 0 radical (unpaired) electrons. The van der Waals surface area contributed by atoms with Gasteiger partial charge in [0.2, 0.25) is 0 Å². The molecule has 0 aromatic heterocycles. The number of hydrogen-bond donors (Lipinski definition) is 0. The standard InChI is InChI=1S/C8H14O/c1-8(4-2-5-8)6-3-7-9/h7H,2-6H2,1H3. The number of carbonyl (C=O) groups excluding carboxylic acids is 1. The molecule has 0 saturated heterocycles. The molecule has 1 nitrogen and oxygen atoms in total. The van der Waals surface area contributed by atoms with E-state index in [0.717, 1.165) is 19.1 Å². The number of rotatable bonds is 3. The Kier molecular flexibility index (Phi) is 1.89. The molecule has 0 bridgehead atoms. The Balaban J connectivity index is 2.16. The van der Waals surface area contributed by atoms with Gasteiger partial charge in [0.25, 0.3) is 0 Å². The first kappa shape index (κ1) is 6.79. The van der Waals surface area contributed by atoms with Crippen molar-refractivity contribution in [1.29, 1.82) is 0 Å². The van der Waals surface area contributed by atoms with E-state index in [-0.39, 0.29) is 0 Å². The van der Waals surface area contributed by atoms with Crippen LogP contribution in [0.5, 0.6) is 0 Å². The van der Waals surface area contributed by atoms with Crippen LogP contribution in [0, 0.1) is 5.41 Å². The average Bonchev–Trinajstić information content (AvgIpc) is 1.79. The Bertz CT molecular complexity index is 103. The van der Waals surface area contributed by atoms with E-state index in [1.165, 1.54) is 19.3 Å². The lowest BCUT2D eigenvalue weighted by molar-refractivity contribution is -0.108. The Hall–Kier alpha value is -0.330. The highest BCUT2D eigenvalue weighted by Gasteiger charge is 2.30. The highest BCUT2D eigenvalue weighted by molar-refractivity contribution is 5.49. The summed E-state index contributed by atoms with van der Waals surface area (Å²) in [5.41, 5.74) is 0.543. The Morgan fingerprint density at radius 1 is 1.56 bits per heavy atom. The topological polar surface area (TPSA) is 17.1 Å². The molecule has 0 aromatic carbocycles. The molecular formula is C8H14O. The van der Waals surface area contributed by atoms with Gasteiger partial charge in [0, 0.05) is 6.42 Å². The maximum atomic E-state index is 9.99. The summed E-state index contributed by atoms with van der Waals surface area (Å²) in [7, 11) is 0. The molecule has 1 fully saturated rings. The molecule has 1 rings (SSSR count). The zero-order valence-corrected chi connectivity index (χ0v) is 6.02. The van der Waals surface area contributed by atoms with Crippen LogP contribution in [0.15, 0.2) is 0 Å². The largest absolute Gasteiger partial charge is 0.303 e. The summed E-state index contributed by atoms with van der Waals surface area (Å²) in [6.45, 7) is 2.28. The number of hydrogen-bond acceptors (Lipinski definition) is 1. The lowest BCUT2D eigenvalue weighted by Gasteiger charge is -2.37. The molecular weight excluding hydrogens is 112 g/mol. The first-order chi connectivity index (χ1) is 4.27. The SMILES string of the molecule is CC1(CCC=O)CCC1. The van der Waals surface area contributed by atoms with Crippen LogP contribution < -0.4 is 0 Å². The Morgan fingerprint density at radius 3 is 2.56 bits per heavy atom. The van der Waals surface area contributed by atoms with Gasteiger partial charge in [-0.15, -0.1) is 0 Å². The van der Waals surface area contributed by atoms with Gasteiger partial charge in [-0.2, -0.15) is 0 Å². The van der Waals surface area contributed by atoms with Crippen molar-refractivity contribution in [2.45, 2.75) is 39.0 Å². The van der Waals surface area contributed by atoms with Crippen LogP contribution in [0.25, 0.3) is 0 Å². The first-order valence-electron chi connectivity index (χ1n) is 3.70. The van der Waals surface area contributed by atoms with Crippen LogP contribution >= 0.6 is 0 Å². The van der Waals surface area contributed by atoms with Gasteiger partial charge in [-0.3, -0.25) is 0 Å². The third-order valence-corrected chi connectivity index (χ3v) is 2.43. The second-order valence-electron chi connectivity index (χ2n) is 3.37. The van der Waals surface area contributed by atoms with Gasteiger partial charge in [0.15, 0.2) is 0 Å². The summed E-state index contributed by atoms with van der Waals surface area (Å²) in [4.78, 5) is 9.99. The molecule has 1 saturated carbocycles. The molecule has 0 N–H and O–H groups in total. The van der Waals surface area contributed by atoms with E-state index < -0.39 is 0 Å². The molecule has 1 aliphatic carbocycles. The average molecular weight is 126 g/mol. The van der Waals surface area contributed by atoms with Crippen molar-refractivity contribution in [2.24, 2.45) is 5.41 Å². The van der Waals surface area contributed by atoms with Gasteiger partial charge in [0.05, 0.1) is 0 Å². The molecule has 0 unspecified atom stereocenters. The van der Waals surface area contributed by atoms with E-state index in [1.807, 2.05) is 0 Å². The molecule has 0 heterocycles. The number of aldehydes is 1. The van der Waals surface area contributed by atoms with Crippen molar-refractivity contribution in [2.75, 3.05) is 0 Å². The second-order valence-corrected chi connectivity index (χ2v) is 3.37. The number of carbonyl (C=O) groups is 1. The third kappa shape index (κ3) is 1.54. The van der Waals surface area contributed by atoms with Gasteiger partial charge >= 0.3 is 0 Å². The predicted octanol–water partition coefficient (Wildman–Crippen LogP) is 2.16. The summed E-state index contributed by atoms with van der Waals surface area (Å²) < 4.78 is 0. The maximum Gasteiger partial charge on any atom is 0.120 e. The monoisotopic (exact) mass is 126 g/mol. The van der Waals surface area contributed by atoms with Crippen LogP contribution in [0.3, 0.4) is 0 Å². The van der Waals surface area contributed by atoms with Crippen LogP contribution in [-0.4, -0.2) is 6.29 Å². The Labute approximate surface area is 56.4 Å². The van der Waals surface area contributed by atoms with Gasteiger partial charge in [-0.1, -0.05) is 13.3 Å². The minimum absolute atomic E-state index is 0.543. The summed E-state index contributed by atoms with van der Waals surface area (Å²) in [5, 5.41) is 0. The second kappa shape index (κ2) is 2.51. The van der Waals surface area contributed by atoms with E-state index in [4.69, 9.17) is 0 Å². The highest BCUT2D eigenvalue weighted by atomic mass is 16.1. The van der Waals surface area contributed by atoms with Crippen molar-refractivity contribution in [3.8, 4) is 0 Å². The maximum absolute atomic E-state index is 9.99. The predicted molar refractivity (Wildman–Crippen MR) is 37.3 cm³/mol. The molecule has 9 heavy (non-hydrogen) atoms. The lowest BCUT2D eigenvalue weighted by atomic mass is 9.68. The Morgan fingerprint density at radius 2 is 2.22 bits per heavy atom. The molecule has 52 valence electrons. The fourth-order valence-corrected chi connectivity index (χ4v) is 1.44. The fourth-order valence-electron chi connectivity index (χ4n) is 1.44. The smallest absolute Gasteiger partial charge is 0.120 e. The first-order valence-corrected chi connectivity index (χ1v) is 3.70. The minimum atomic E-state index is 0.543. The van der Waals surface area contributed by atoms with Crippen LogP contribution in [0.1, 0.15) is 39.0 Å². The van der Waals surface area contributed by atoms with E-state index in [2.05, 4.69) is 6.92 Å². The van der Waals surface area contributed by atoms with E-state index in [1.54, 1.807) is 0 Å². The highest BCUT2D eigenvalue weighted by Crippen LogP contribution is 2.43. The van der Waals surface area contributed by atoms with Gasteiger partial charge in [0.1, 0.15) is 6.29 Å². The molecule has 0 aliphatic heterocycles. The van der Waals surface area contributed by atoms with Crippen molar-refractivity contribution in [3.63, 3.8) is 0 Å². The molecule has 1 aliphatic rings. The fraction of sp³-hybridized carbons (Fsp3) is 0.875. The van der Waals surface area contributed by atoms with Crippen LogP contribution in [0.2, 0.25) is 0 Å². The van der Waals surface area contributed by atoms with Gasteiger partial charge in [-0.05, 0) is 24.7 Å². The third-order valence-electron chi connectivity index (χ3n) is 2.43. The quantitative estimate of drug-likeness (QED) is 0.529. The summed E-state index contributed by atoms with van der Waals surface area (Å²) >= 11 is 0. The van der Waals surface area contributed by atoms with Gasteiger partial charge < -0.3 is 4.79 Å². The summed E-state index contributed by atoms with van der Waals surface area (Å²) in [6, 6.07) is 0. The van der Waals surface area contributed by atoms with Crippen LogP contribution in [-0.2, 0) is 4.79 Å². The summed E-state index contributed by atoms with van der Waals surface area (Å²) in [5.74, 6) is 0. The zero-order valence-electron chi connectivity index (χ0n) is 6.02. The van der Waals surface area contributed by atoms with Gasteiger partial charge in [-0.25, -0.2) is 0 Å². The normalized spacial score (nSPS) is 22.8. The van der Waals surface area contributed by atoms with Crippen LogP contribution in [0.4, 0.5) is 0 Å². The van der Waals surface area contributed by atoms with E-state index >= 15 is 0 Å². The minimum Gasteiger partial charge on any atom is -0.303 e. The lowest BCUT2D eigenvalue weighted by Crippen LogP contribution is -2.25. The van der Waals surface area contributed by atoms with Crippen molar-refractivity contribution in [3.05, 3.63) is 0 Å².